The highest BCUT2D eigenvalue weighted by atomic mass is 79.9. The summed E-state index contributed by atoms with van der Waals surface area (Å²) in [6, 6.07) is 10.2. The summed E-state index contributed by atoms with van der Waals surface area (Å²) in [7, 11) is 0. The second-order valence-electron chi connectivity index (χ2n) is 4.25. The molecule has 0 spiro atoms. The maximum atomic E-state index is 5.98. The minimum atomic E-state index is 0.00627. The summed E-state index contributed by atoms with van der Waals surface area (Å²) in [6.07, 6.45) is 0.928. The average Bonchev–Trinajstić information content (AvgIpc) is 2.97. The standard InChI is InChI=1S/C13H13BrN2OS/c14-9-5-6-18-13(9)12(16-15)11-7-8-3-1-2-4-10(8)17-11/h1-6,11-12,16H,7,15H2. The second kappa shape index (κ2) is 5.01. The van der Waals surface area contributed by atoms with Crippen LogP contribution in [-0.2, 0) is 6.42 Å². The van der Waals surface area contributed by atoms with Gasteiger partial charge in [-0.2, -0.15) is 0 Å². The number of hydrogen-bond donors (Lipinski definition) is 2. The van der Waals surface area contributed by atoms with Crippen molar-refractivity contribution in [3.05, 3.63) is 50.6 Å². The Labute approximate surface area is 118 Å². The van der Waals surface area contributed by atoms with Crippen LogP contribution >= 0.6 is 27.3 Å². The molecule has 1 aromatic carbocycles. The van der Waals surface area contributed by atoms with Crippen molar-refractivity contribution in [1.82, 2.24) is 5.43 Å². The lowest BCUT2D eigenvalue weighted by molar-refractivity contribution is 0.180. The van der Waals surface area contributed by atoms with Gasteiger partial charge in [0.1, 0.15) is 11.9 Å². The van der Waals surface area contributed by atoms with E-state index in [0.29, 0.717) is 0 Å². The van der Waals surface area contributed by atoms with Crippen molar-refractivity contribution in [2.75, 3.05) is 0 Å². The van der Waals surface area contributed by atoms with Gasteiger partial charge in [-0.3, -0.25) is 5.84 Å². The lowest BCUT2D eigenvalue weighted by Crippen LogP contribution is -2.38. The first-order chi connectivity index (χ1) is 8.79. The smallest absolute Gasteiger partial charge is 0.124 e. The van der Waals surface area contributed by atoms with E-state index in [1.807, 2.05) is 29.6 Å². The number of para-hydroxylation sites is 1. The largest absolute Gasteiger partial charge is 0.488 e. The number of nitrogens with one attached hydrogen (secondary N) is 1. The third-order valence-corrected chi connectivity index (χ3v) is 5.10. The van der Waals surface area contributed by atoms with Crippen LogP contribution in [0.15, 0.2) is 40.2 Å². The van der Waals surface area contributed by atoms with Gasteiger partial charge in [-0.15, -0.1) is 11.3 Å². The Balaban J connectivity index is 1.86. The zero-order valence-electron chi connectivity index (χ0n) is 9.60. The Hall–Kier alpha value is -0.880. The number of benzene rings is 1. The van der Waals surface area contributed by atoms with E-state index in [1.165, 1.54) is 10.4 Å². The zero-order chi connectivity index (χ0) is 12.5. The minimum Gasteiger partial charge on any atom is -0.488 e. The first-order valence-electron chi connectivity index (χ1n) is 5.73. The highest BCUT2D eigenvalue weighted by Crippen LogP contribution is 2.37. The maximum absolute atomic E-state index is 5.98. The molecule has 0 radical (unpaired) electrons. The lowest BCUT2D eigenvalue weighted by Gasteiger charge is -2.21. The first-order valence-corrected chi connectivity index (χ1v) is 7.40. The monoisotopic (exact) mass is 324 g/mol. The van der Waals surface area contributed by atoms with E-state index in [2.05, 4.69) is 27.4 Å². The van der Waals surface area contributed by atoms with Gasteiger partial charge in [-0.1, -0.05) is 18.2 Å². The Kier molecular flexibility index (Phi) is 3.39. The molecule has 2 atom stereocenters. The average molecular weight is 325 g/mol. The predicted molar refractivity (Wildman–Crippen MR) is 76.6 cm³/mol. The molecular formula is C13H13BrN2OS. The van der Waals surface area contributed by atoms with Crippen LogP contribution in [0.1, 0.15) is 16.5 Å². The second-order valence-corrected chi connectivity index (χ2v) is 6.05. The molecule has 2 aromatic rings. The van der Waals surface area contributed by atoms with Crippen molar-refractivity contribution >= 4 is 27.3 Å². The van der Waals surface area contributed by atoms with Gasteiger partial charge in [0.25, 0.3) is 0 Å². The molecule has 0 saturated heterocycles. The molecule has 3 nitrogen and oxygen atoms in total. The fraction of sp³-hybridized carbons (Fsp3) is 0.231. The summed E-state index contributed by atoms with van der Waals surface area (Å²) in [5.74, 6) is 6.67. The topological polar surface area (TPSA) is 47.3 Å². The van der Waals surface area contributed by atoms with Crippen LogP contribution in [0, 0.1) is 0 Å². The van der Waals surface area contributed by atoms with Crippen LogP contribution in [0.4, 0.5) is 0 Å². The molecule has 0 bridgehead atoms. The Morgan fingerprint density at radius 2 is 2.22 bits per heavy atom. The van der Waals surface area contributed by atoms with Crippen LogP contribution in [-0.4, -0.2) is 6.10 Å². The Morgan fingerprint density at radius 3 is 2.89 bits per heavy atom. The van der Waals surface area contributed by atoms with Gasteiger partial charge in [-0.25, -0.2) is 5.43 Å². The van der Waals surface area contributed by atoms with Crippen molar-refractivity contribution in [3.8, 4) is 5.75 Å². The Morgan fingerprint density at radius 1 is 1.39 bits per heavy atom. The number of hydrogen-bond acceptors (Lipinski definition) is 4. The summed E-state index contributed by atoms with van der Waals surface area (Å²) in [5, 5.41) is 2.05. The minimum absolute atomic E-state index is 0.00627. The number of nitrogens with two attached hydrogens (primary N) is 1. The van der Waals surface area contributed by atoms with Crippen molar-refractivity contribution in [3.63, 3.8) is 0 Å². The summed E-state index contributed by atoms with van der Waals surface area (Å²) < 4.78 is 7.06. The fourth-order valence-electron chi connectivity index (χ4n) is 2.27. The molecule has 0 aliphatic carbocycles. The quantitative estimate of drug-likeness (QED) is 0.674. The zero-order valence-corrected chi connectivity index (χ0v) is 12.0. The van der Waals surface area contributed by atoms with Gasteiger partial charge < -0.3 is 4.74 Å². The van der Waals surface area contributed by atoms with E-state index in [-0.39, 0.29) is 12.1 Å². The SMILES string of the molecule is NNC(c1sccc1Br)C1Cc2ccccc2O1. The molecule has 0 amide bonds. The van der Waals surface area contributed by atoms with E-state index < -0.39 is 0 Å². The number of hydrazine groups is 1. The molecule has 2 unspecified atom stereocenters. The van der Waals surface area contributed by atoms with E-state index in [9.17, 15) is 0 Å². The number of thiophene rings is 1. The molecule has 5 heteroatoms. The molecule has 18 heavy (non-hydrogen) atoms. The van der Waals surface area contributed by atoms with Gasteiger partial charge in [0, 0.05) is 15.8 Å². The summed E-state index contributed by atoms with van der Waals surface area (Å²) >= 11 is 5.23. The van der Waals surface area contributed by atoms with Gasteiger partial charge in [0.05, 0.1) is 6.04 Å². The third-order valence-electron chi connectivity index (χ3n) is 3.15. The molecule has 0 fully saturated rings. The van der Waals surface area contributed by atoms with Crippen molar-refractivity contribution < 1.29 is 4.74 Å². The Bertz CT molecular complexity index is 532. The van der Waals surface area contributed by atoms with Crippen LogP contribution in [0.25, 0.3) is 0 Å². The molecule has 1 aromatic heterocycles. The number of rotatable bonds is 3. The molecule has 94 valence electrons. The van der Waals surface area contributed by atoms with E-state index in [4.69, 9.17) is 10.6 Å². The molecule has 2 heterocycles. The highest BCUT2D eigenvalue weighted by Gasteiger charge is 2.32. The van der Waals surface area contributed by atoms with Gasteiger partial charge >= 0.3 is 0 Å². The summed E-state index contributed by atoms with van der Waals surface area (Å²) in [6.45, 7) is 0. The van der Waals surface area contributed by atoms with Crippen molar-refractivity contribution in [2.24, 2.45) is 5.84 Å². The third kappa shape index (κ3) is 2.07. The van der Waals surface area contributed by atoms with Gasteiger partial charge in [0.2, 0.25) is 0 Å². The van der Waals surface area contributed by atoms with Crippen LogP contribution < -0.4 is 16.0 Å². The molecule has 1 aliphatic heterocycles. The predicted octanol–water partition coefficient (Wildman–Crippen LogP) is 3.02. The van der Waals surface area contributed by atoms with Crippen LogP contribution in [0.2, 0.25) is 0 Å². The van der Waals surface area contributed by atoms with E-state index in [0.717, 1.165) is 16.6 Å². The van der Waals surface area contributed by atoms with Crippen molar-refractivity contribution in [1.29, 1.82) is 0 Å². The van der Waals surface area contributed by atoms with Gasteiger partial charge in [0.15, 0.2) is 0 Å². The molecule has 0 saturated carbocycles. The molecular weight excluding hydrogens is 312 g/mol. The summed E-state index contributed by atoms with van der Waals surface area (Å²) in [4.78, 5) is 1.18. The lowest BCUT2D eigenvalue weighted by atomic mass is 10.0. The summed E-state index contributed by atoms with van der Waals surface area (Å²) in [5.41, 5.74) is 4.12. The van der Waals surface area contributed by atoms with E-state index >= 15 is 0 Å². The van der Waals surface area contributed by atoms with Gasteiger partial charge in [-0.05, 0) is 39.0 Å². The normalized spacial score (nSPS) is 19.3. The van der Waals surface area contributed by atoms with E-state index in [1.54, 1.807) is 11.3 Å². The number of ether oxygens (including phenoxy) is 1. The first kappa shape index (κ1) is 12.2. The van der Waals surface area contributed by atoms with Crippen molar-refractivity contribution in [2.45, 2.75) is 18.6 Å². The molecule has 3 rings (SSSR count). The molecule has 3 N–H and O–H groups in total. The number of halogens is 1. The fourth-order valence-corrected chi connectivity index (χ4v) is 4.01. The molecule has 1 aliphatic rings. The van der Waals surface area contributed by atoms with Crippen LogP contribution in [0.3, 0.4) is 0 Å². The maximum Gasteiger partial charge on any atom is 0.124 e. The highest BCUT2D eigenvalue weighted by molar-refractivity contribution is 9.10. The van der Waals surface area contributed by atoms with Crippen LogP contribution in [0.5, 0.6) is 5.75 Å². The number of fused-ring (bicyclic) bond motifs is 1.